The van der Waals surface area contributed by atoms with Crippen molar-refractivity contribution >= 4 is 34.8 Å². The van der Waals surface area contributed by atoms with Gasteiger partial charge in [0.15, 0.2) is 0 Å². The topological polar surface area (TPSA) is 101 Å². The second-order valence-corrected chi connectivity index (χ2v) is 5.61. The number of amides is 2. The van der Waals surface area contributed by atoms with Gasteiger partial charge in [-0.15, -0.1) is 0 Å². The third-order valence-electron chi connectivity index (χ3n) is 3.56. The molecular weight excluding hydrogens is 332 g/mol. The average molecular weight is 350 g/mol. The summed E-state index contributed by atoms with van der Waals surface area (Å²) in [6, 6.07) is 12.0. The van der Waals surface area contributed by atoms with Crippen LogP contribution in [-0.2, 0) is 11.8 Å². The van der Waals surface area contributed by atoms with E-state index in [0.29, 0.717) is 22.8 Å². The first kappa shape index (κ1) is 17.2. The molecule has 8 heteroatoms. The molecule has 0 aliphatic rings. The molecule has 26 heavy (non-hydrogen) atoms. The summed E-state index contributed by atoms with van der Waals surface area (Å²) in [4.78, 5) is 27.7. The number of benzene rings is 1. The number of pyridine rings is 1. The lowest BCUT2D eigenvalue weighted by atomic mass is 10.2. The predicted molar refractivity (Wildman–Crippen MR) is 99.4 cm³/mol. The predicted octanol–water partition coefficient (Wildman–Crippen LogP) is 2.77. The lowest BCUT2D eigenvalue weighted by molar-refractivity contribution is -0.114. The maximum Gasteiger partial charge on any atom is 0.255 e. The lowest BCUT2D eigenvalue weighted by Gasteiger charge is -2.09. The summed E-state index contributed by atoms with van der Waals surface area (Å²) in [5, 5.41) is 12.7. The van der Waals surface area contributed by atoms with Gasteiger partial charge in [-0.05, 0) is 36.4 Å². The van der Waals surface area contributed by atoms with Gasteiger partial charge in [0.1, 0.15) is 11.6 Å². The number of nitrogens with zero attached hydrogens (tertiary/aromatic N) is 3. The van der Waals surface area contributed by atoms with Gasteiger partial charge in [0, 0.05) is 43.2 Å². The Morgan fingerprint density at radius 1 is 0.962 bits per heavy atom. The van der Waals surface area contributed by atoms with E-state index in [1.54, 1.807) is 53.5 Å². The van der Waals surface area contributed by atoms with E-state index in [9.17, 15) is 9.59 Å². The minimum Gasteiger partial charge on any atom is -0.326 e. The standard InChI is InChI=1S/C18H18N6O2/c1-12(25)21-14-3-5-15(6-4-14)22-18(26)13-7-9-19-16(11-13)23-17-8-10-20-24(17)2/h3-11H,1-2H3,(H,19,23)(H,21,25)(H,22,26). The van der Waals surface area contributed by atoms with Gasteiger partial charge in [0.25, 0.3) is 5.91 Å². The average Bonchev–Trinajstić information content (AvgIpc) is 3.01. The van der Waals surface area contributed by atoms with Gasteiger partial charge in [-0.25, -0.2) is 4.98 Å². The number of aromatic nitrogens is 3. The molecule has 2 aromatic heterocycles. The molecule has 0 aliphatic heterocycles. The van der Waals surface area contributed by atoms with Crippen LogP contribution in [0.2, 0.25) is 0 Å². The zero-order valence-corrected chi connectivity index (χ0v) is 14.4. The van der Waals surface area contributed by atoms with Crippen molar-refractivity contribution in [2.45, 2.75) is 6.92 Å². The van der Waals surface area contributed by atoms with E-state index in [4.69, 9.17) is 0 Å². The van der Waals surface area contributed by atoms with Crippen LogP contribution in [0.1, 0.15) is 17.3 Å². The molecule has 2 heterocycles. The Bertz CT molecular complexity index is 933. The van der Waals surface area contributed by atoms with Crippen LogP contribution in [0.5, 0.6) is 0 Å². The summed E-state index contributed by atoms with van der Waals surface area (Å²) >= 11 is 0. The normalized spacial score (nSPS) is 10.2. The van der Waals surface area contributed by atoms with E-state index >= 15 is 0 Å². The number of nitrogens with one attached hydrogen (secondary N) is 3. The molecule has 3 rings (SSSR count). The van der Waals surface area contributed by atoms with Crippen LogP contribution < -0.4 is 16.0 Å². The first-order valence-corrected chi connectivity index (χ1v) is 7.91. The Morgan fingerprint density at radius 3 is 2.27 bits per heavy atom. The van der Waals surface area contributed by atoms with Crippen LogP contribution in [0.3, 0.4) is 0 Å². The van der Waals surface area contributed by atoms with Gasteiger partial charge >= 0.3 is 0 Å². The van der Waals surface area contributed by atoms with Crippen LogP contribution in [0.4, 0.5) is 23.0 Å². The minimum atomic E-state index is -0.257. The van der Waals surface area contributed by atoms with Crippen molar-refractivity contribution in [3.63, 3.8) is 0 Å². The molecule has 0 unspecified atom stereocenters. The third kappa shape index (κ3) is 4.23. The molecule has 132 valence electrons. The van der Waals surface area contributed by atoms with Gasteiger partial charge < -0.3 is 16.0 Å². The van der Waals surface area contributed by atoms with E-state index in [2.05, 4.69) is 26.0 Å². The highest BCUT2D eigenvalue weighted by molar-refractivity contribution is 6.04. The van der Waals surface area contributed by atoms with Gasteiger partial charge in [0.2, 0.25) is 5.91 Å². The van der Waals surface area contributed by atoms with Crippen molar-refractivity contribution in [3.8, 4) is 0 Å². The van der Waals surface area contributed by atoms with Crippen molar-refractivity contribution in [2.24, 2.45) is 7.05 Å². The number of hydrogen-bond donors (Lipinski definition) is 3. The molecule has 8 nitrogen and oxygen atoms in total. The molecule has 0 saturated carbocycles. The molecular formula is C18H18N6O2. The first-order chi connectivity index (χ1) is 12.5. The van der Waals surface area contributed by atoms with Gasteiger partial charge in [-0.3, -0.25) is 14.3 Å². The summed E-state index contributed by atoms with van der Waals surface area (Å²) < 4.78 is 1.67. The lowest BCUT2D eigenvalue weighted by Crippen LogP contribution is -2.13. The quantitative estimate of drug-likeness (QED) is 0.657. The summed E-state index contributed by atoms with van der Waals surface area (Å²) in [6.07, 6.45) is 3.23. The fourth-order valence-electron chi connectivity index (χ4n) is 2.31. The SMILES string of the molecule is CC(=O)Nc1ccc(NC(=O)c2ccnc(Nc3ccnn3C)c2)cc1. The van der Waals surface area contributed by atoms with Gasteiger partial charge in [-0.2, -0.15) is 5.10 Å². The fourth-order valence-corrected chi connectivity index (χ4v) is 2.31. The second kappa shape index (κ2) is 7.47. The molecule has 0 spiro atoms. The number of rotatable bonds is 5. The van der Waals surface area contributed by atoms with Crippen molar-refractivity contribution in [1.29, 1.82) is 0 Å². The maximum absolute atomic E-state index is 12.4. The van der Waals surface area contributed by atoms with Crippen molar-refractivity contribution in [2.75, 3.05) is 16.0 Å². The van der Waals surface area contributed by atoms with Crippen LogP contribution in [0.15, 0.2) is 54.9 Å². The Kier molecular flexibility index (Phi) is 4.93. The van der Waals surface area contributed by atoms with Gasteiger partial charge in [0.05, 0.1) is 6.20 Å². The number of anilines is 4. The maximum atomic E-state index is 12.4. The molecule has 3 N–H and O–H groups in total. The summed E-state index contributed by atoms with van der Waals surface area (Å²) in [5.41, 5.74) is 1.76. The molecule has 3 aromatic rings. The minimum absolute atomic E-state index is 0.146. The molecule has 0 aliphatic carbocycles. The molecule has 0 bridgehead atoms. The highest BCUT2D eigenvalue weighted by Crippen LogP contribution is 2.17. The first-order valence-electron chi connectivity index (χ1n) is 7.91. The van der Waals surface area contributed by atoms with Crippen molar-refractivity contribution in [3.05, 3.63) is 60.4 Å². The summed E-state index contributed by atoms with van der Waals surface area (Å²) in [5.74, 6) is 0.908. The zero-order chi connectivity index (χ0) is 18.5. The summed E-state index contributed by atoms with van der Waals surface area (Å²) in [7, 11) is 1.81. The smallest absolute Gasteiger partial charge is 0.255 e. The number of carbonyl (C=O) groups is 2. The molecule has 0 radical (unpaired) electrons. The van der Waals surface area contributed by atoms with E-state index in [-0.39, 0.29) is 11.8 Å². The second-order valence-electron chi connectivity index (χ2n) is 5.61. The molecule has 1 aromatic carbocycles. The molecule has 0 atom stereocenters. The fraction of sp³-hybridized carbons (Fsp3) is 0.111. The van der Waals surface area contributed by atoms with Crippen LogP contribution >= 0.6 is 0 Å². The van der Waals surface area contributed by atoms with Crippen molar-refractivity contribution in [1.82, 2.24) is 14.8 Å². The van der Waals surface area contributed by atoms with E-state index in [0.717, 1.165) is 5.82 Å². The highest BCUT2D eigenvalue weighted by atomic mass is 16.2. The highest BCUT2D eigenvalue weighted by Gasteiger charge is 2.09. The Hall–Kier alpha value is -3.68. The number of hydrogen-bond acceptors (Lipinski definition) is 5. The number of carbonyl (C=O) groups excluding carboxylic acids is 2. The Balaban J connectivity index is 1.69. The molecule has 0 fully saturated rings. The largest absolute Gasteiger partial charge is 0.326 e. The molecule has 2 amide bonds. The third-order valence-corrected chi connectivity index (χ3v) is 3.56. The monoisotopic (exact) mass is 350 g/mol. The van der Waals surface area contributed by atoms with Crippen molar-refractivity contribution < 1.29 is 9.59 Å². The summed E-state index contributed by atoms with van der Waals surface area (Å²) in [6.45, 7) is 1.44. The zero-order valence-electron chi connectivity index (χ0n) is 14.4. The van der Waals surface area contributed by atoms with E-state index in [1.807, 2.05) is 13.1 Å². The Morgan fingerprint density at radius 2 is 1.65 bits per heavy atom. The van der Waals surface area contributed by atoms with Crippen LogP contribution in [0, 0.1) is 0 Å². The number of aryl methyl sites for hydroxylation is 1. The van der Waals surface area contributed by atoms with Gasteiger partial charge in [-0.1, -0.05) is 0 Å². The molecule has 0 saturated heterocycles. The van der Waals surface area contributed by atoms with E-state index in [1.165, 1.54) is 6.92 Å². The van der Waals surface area contributed by atoms with E-state index < -0.39 is 0 Å². The Labute approximate surface area is 150 Å². The van der Waals surface area contributed by atoms with Crippen LogP contribution in [0.25, 0.3) is 0 Å². The van der Waals surface area contributed by atoms with Crippen LogP contribution in [-0.4, -0.2) is 26.6 Å².